The van der Waals surface area contributed by atoms with Crippen LogP contribution in [0, 0.1) is 11.3 Å². The number of nitrogens with one attached hydrogen (secondary N) is 1. The van der Waals surface area contributed by atoms with Crippen LogP contribution in [0.5, 0.6) is 11.6 Å². The first-order chi connectivity index (χ1) is 21.0. The Morgan fingerprint density at radius 2 is 1.89 bits per heavy atom. The Kier molecular flexibility index (Phi) is 8.76. The first-order valence-electron chi connectivity index (χ1n) is 15.0. The molecule has 1 N–H and O–H groups in total. The second-order valence-electron chi connectivity index (χ2n) is 13.1. The fourth-order valence-electron chi connectivity index (χ4n) is 6.10. The van der Waals surface area contributed by atoms with Crippen molar-refractivity contribution in [2.75, 3.05) is 6.54 Å². The number of alkyl carbamates (subject to hydrolysis) is 1. The molecule has 45 heavy (non-hydrogen) atoms. The zero-order valence-electron chi connectivity index (χ0n) is 25.7. The molecule has 2 aromatic rings. The summed E-state index contributed by atoms with van der Waals surface area (Å²) in [6.07, 6.45) is -0.103. The molecular formula is C32H37F4N3O6. The van der Waals surface area contributed by atoms with Gasteiger partial charge in [0.15, 0.2) is 5.78 Å². The van der Waals surface area contributed by atoms with Crippen molar-refractivity contribution in [2.24, 2.45) is 11.3 Å². The SMILES string of the molecule is CC(=O)[C@@H]1[C@H](C)[C@@H]2CN1C(=O)[C@H](C(C)(C)C)NC(=O)O[C@@H]1C=C1CCCCC(F)(F)c1cc3ccc(OC(F)F)cc3nc1O2. The zero-order chi connectivity index (χ0) is 32.8. The quantitative estimate of drug-likeness (QED) is 0.319. The van der Waals surface area contributed by atoms with Gasteiger partial charge in [0.05, 0.1) is 23.7 Å². The number of hydrogen-bond acceptors (Lipinski definition) is 7. The van der Waals surface area contributed by atoms with Crippen molar-refractivity contribution in [1.82, 2.24) is 15.2 Å². The molecule has 2 aliphatic heterocycles. The highest BCUT2D eigenvalue weighted by Gasteiger charge is 2.50. The molecule has 1 aromatic carbocycles. The van der Waals surface area contributed by atoms with E-state index in [9.17, 15) is 23.2 Å². The number of benzene rings is 1. The summed E-state index contributed by atoms with van der Waals surface area (Å²) in [5.74, 6) is -5.55. The molecule has 3 aliphatic rings. The maximum Gasteiger partial charge on any atom is 0.408 e. The van der Waals surface area contributed by atoms with Crippen LogP contribution in [0.1, 0.15) is 65.9 Å². The van der Waals surface area contributed by atoms with E-state index < -0.39 is 78.0 Å². The number of ketones is 1. The Morgan fingerprint density at radius 1 is 1.16 bits per heavy atom. The topological polar surface area (TPSA) is 107 Å². The first-order valence-corrected chi connectivity index (χ1v) is 15.0. The summed E-state index contributed by atoms with van der Waals surface area (Å²) < 4.78 is 73.7. The number of rotatable bonds is 3. The molecule has 9 nitrogen and oxygen atoms in total. The van der Waals surface area contributed by atoms with Crippen LogP contribution in [0.15, 0.2) is 35.9 Å². The van der Waals surface area contributed by atoms with Gasteiger partial charge in [-0.1, -0.05) is 27.7 Å². The maximum absolute atomic E-state index is 15.9. The number of alkyl halides is 4. The largest absolute Gasteiger partial charge is 0.472 e. The lowest BCUT2D eigenvalue weighted by molar-refractivity contribution is -0.141. The molecule has 1 saturated heterocycles. The molecular weight excluding hydrogens is 598 g/mol. The number of aromatic nitrogens is 1. The summed E-state index contributed by atoms with van der Waals surface area (Å²) in [6, 6.07) is 3.00. The van der Waals surface area contributed by atoms with E-state index in [1.165, 1.54) is 36.1 Å². The molecule has 1 fully saturated rings. The maximum atomic E-state index is 15.9. The molecule has 0 radical (unpaired) electrons. The predicted octanol–water partition coefficient (Wildman–Crippen LogP) is 6.13. The number of amides is 2. The Balaban J connectivity index is 1.57. The third-order valence-electron chi connectivity index (χ3n) is 8.57. The number of pyridine rings is 1. The lowest BCUT2D eigenvalue weighted by atomic mass is 9.85. The van der Waals surface area contributed by atoms with Crippen LogP contribution in [-0.2, 0) is 20.2 Å². The Morgan fingerprint density at radius 3 is 2.56 bits per heavy atom. The average Bonchev–Trinajstić information content (AvgIpc) is 3.58. The lowest BCUT2D eigenvalue weighted by Crippen LogP contribution is -2.57. The van der Waals surface area contributed by atoms with Gasteiger partial charge in [-0.05, 0) is 61.4 Å². The van der Waals surface area contributed by atoms with Gasteiger partial charge in [0, 0.05) is 23.8 Å². The number of hydrogen-bond donors (Lipinski definition) is 1. The summed E-state index contributed by atoms with van der Waals surface area (Å²) in [4.78, 5) is 45.4. The van der Waals surface area contributed by atoms with Gasteiger partial charge in [-0.3, -0.25) is 9.59 Å². The number of fused-ring (bicyclic) bond motifs is 5. The number of ether oxygens (including phenoxy) is 3. The molecule has 2 bridgehead atoms. The van der Waals surface area contributed by atoms with Crippen molar-refractivity contribution in [2.45, 2.75) is 97.1 Å². The molecule has 2 amide bonds. The molecule has 5 atom stereocenters. The summed E-state index contributed by atoms with van der Waals surface area (Å²) in [6.45, 7) is 5.04. The van der Waals surface area contributed by atoms with Crippen molar-refractivity contribution in [3.05, 3.63) is 41.5 Å². The van der Waals surface area contributed by atoms with E-state index in [1.807, 2.05) is 0 Å². The Hall–Kier alpha value is -3.90. The first kappa shape index (κ1) is 32.5. The van der Waals surface area contributed by atoms with Gasteiger partial charge in [-0.15, -0.1) is 0 Å². The molecule has 1 aromatic heterocycles. The van der Waals surface area contributed by atoms with E-state index in [4.69, 9.17) is 9.47 Å². The summed E-state index contributed by atoms with van der Waals surface area (Å²) in [5.41, 5.74) is -0.373. The predicted molar refractivity (Wildman–Crippen MR) is 155 cm³/mol. The highest BCUT2D eigenvalue weighted by atomic mass is 19.3. The highest BCUT2D eigenvalue weighted by Crippen LogP contribution is 2.43. The van der Waals surface area contributed by atoms with Crippen LogP contribution >= 0.6 is 0 Å². The number of halogens is 4. The molecule has 5 rings (SSSR count). The van der Waals surface area contributed by atoms with Crippen LogP contribution in [0.4, 0.5) is 22.4 Å². The second-order valence-corrected chi connectivity index (χ2v) is 13.1. The van der Waals surface area contributed by atoms with E-state index in [0.29, 0.717) is 12.8 Å². The number of carbonyl (C=O) groups excluding carboxylic acids is 3. The molecule has 244 valence electrons. The molecule has 13 heteroatoms. The standard InChI is InChI=1S/C32H37F4N3O6/c1-16-24-15-39(25(16)17(2)40)28(41)26(31(3,4)5)38-30(42)45-23-13-19(23)8-6-7-11-32(35,36)21-12-18-9-10-20(43-29(33)34)14-22(18)37-27(21)44-24/h9-10,12-14,16,23-26,29H,6-8,11,15H2,1-5H3,(H,38,42)/t16-,23-,24+,25+,26-/m1/s1. The summed E-state index contributed by atoms with van der Waals surface area (Å²) >= 11 is 0. The van der Waals surface area contributed by atoms with E-state index in [2.05, 4.69) is 15.0 Å². The van der Waals surface area contributed by atoms with Crippen molar-refractivity contribution < 1.29 is 46.2 Å². The number of nitrogens with zero attached hydrogens (tertiary/aromatic N) is 2. The van der Waals surface area contributed by atoms with Gasteiger partial charge in [0.2, 0.25) is 11.8 Å². The third-order valence-corrected chi connectivity index (χ3v) is 8.57. The number of carbonyl (C=O) groups is 3. The molecule has 1 aliphatic carbocycles. The smallest absolute Gasteiger partial charge is 0.408 e. The minimum absolute atomic E-state index is 0.0914. The van der Waals surface area contributed by atoms with Crippen LogP contribution in [0.3, 0.4) is 0 Å². The lowest BCUT2D eigenvalue weighted by Gasteiger charge is -2.35. The van der Waals surface area contributed by atoms with E-state index >= 15 is 8.78 Å². The Labute approximate surface area is 258 Å². The fourth-order valence-corrected chi connectivity index (χ4v) is 6.10. The van der Waals surface area contributed by atoms with Crippen molar-refractivity contribution >= 4 is 28.7 Å². The zero-order valence-corrected chi connectivity index (χ0v) is 25.7. The molecule has 3 heterocycles. The Bertz CT molecular complexity index is 1520. The van der Waals surface area contributed by atoms with Crippen molar-refractivity contribution in [1.29, 1.82) is 0 Å². The van der Waals surface area contributed by atoms with Crippen LogP contribution < -0.4 is 14.8 Å². The van der Waals surface area contributed by atoms with Gasteiger partial charge in [0.1, 0.15) is 24.0 Å². The summed E-state index contributed by atoms with van der Waals surface area (Å²) in [5, 5.41) is 2.94. The van der Waals surface area contributed by atoms with Gasteiger partial charge in [-0.2, -0.15) is 8.78 Å². The molecule has 0 unspecified atom stereocenters. The van der Waals surface area contributed by atoms with Crippen LogP contribution in [0.2, 0.25) is 0 Å². The second kappa shape index (κ2) is 12.1. The number of Topliss-reactive ketones (excluding diaryl/α,β-unsaturated/α-hetero) is 1. The van der Waals surface area contributed by atoms with Gasteiger partial charge in [0.25, 0.3) is 5.92 Å². The fraction of sp³-hybridized carbons (Fsp3) is 0.562. The van der Waals surface area contributed by atoms with E-state index in [0.717, 1.165) is 5.57 Å². The summed E-state index contributed by atoms with van der Waals surface area (Å²) in [7, 11) is 0. The van der Waals surface area contributed by atoms with Gasteiger partial charge in [-0.25, -0.2) is 18.6 Å². The van der Waals surface area contributed by atoms with Gasteiger partial charge < -0.3 is 24.4 Å². The molecule has 0 saturated carbocycles. The van der Waals surface area contributed by atoms with Gasteiger partial charge >= 0.3 is 12.7 Å². The van der Waals surface area contributed by atoms with Crippen LogP contribution in [0.25, 0.3) is 10.9 Å². The van der Waals surface area contributed by atoms with E-state index in [1.54, 1.807) is 33.8 Å². The van der Waals surface area contributed by atoms with Crippen molar-refractivity contribution in [3.8, 4) is 11.6 Å². The normalized spacial score (nSPS) is 27.3. The molecule has 0 spiro atoms. The van der Waals surface area contributed by atoms with Crippen molar-refractivity contribution in [3.63, 3.8) is 0 Å². The monoisotopic (exact) mass is 635 g/mol. The average molecular weight is 636 g/mol. The van der Waals surface area contributed by atoms with E-state index in [-0.39, 0.29) is 35.4 Å². The highest BCUT2D eigenvalue weighted by molar-refractivity contribution is 5.92. The minimum Gasteiger partial charge on any atom is -0.472 e. The third kappa shape index (κ3) is 7.01. The minimum atomic E-state index is -3.39. The van der Waals surface area contributed by atoms with Crippen LogP contribution in [-0.4, -0.2) is 65.1 Å².